The molecule has 0 spiro atoms. The topological polar surface area (TPSA) is 49.8 Å². The number of hydrogen-bond acceptors (Lipinski definition) is 3. The van der Waals surface area contributed by atoms with Gasteiger partial charge in [0.05, 0.1) is 24.8 Å². The van der Waals surface area contributed by atoms with Gasteiger partial charge in [-0.3, -0.25) is 4.90 Å². The lowest BCUT2D eigenvalue weighted by atomic mass is 10.2. The fraction of sp³-hybridized carbons (Fsp3) is 0.727. The predicted octanol–water partition coefficient (Wildman–Crippen LogP) is 2.09. The van der Waals surface area contributed by atoms with E-state index in [1.54, 1.807) is 20.8 Å². The monoisotopic (exact) mass is 267 g/mol. The van der Waals surface area contributed by atoms with Crippen LogP contribution in [0.15, 0.2) is 11.6 Å². The molecular formula is C11H16F3NO3. The van der Waals surface area contributed by atoms with Crippen molar-refractivity contribution >= 4 is 6.09 Å². The Morgan fingerprint density at radius 3 is 2.44 bits per heavy atom. The first-order chi connectivity index (χ1) is 8.04. The maximum absolute atomic E-state index is 12.5. The molecule has 0 aromatic heterocycles. The maximum atomic E-state index is 12.5. The first kappa shape index (κ1) is 14.8. The highest BCUT2D eigenvalue weighted by atomic mass is 19.4. The Labute approximate surface area is 103 Å². The molecule has 0 aromatic carbocycles. The summed E-state index contributed by atoms with van der Waals surface area (Å²) >= 11 is 0. The summed E-state index contributed by atoms with van der Waals surface area (Å²) in [5.41, 5.74) is -1.63. The van der Waals surface area contributed by atoms with E-state index in [-0.39, 0.29) is 0 Å². The van der Waals surface area contributed by atoms with Gasteiger partial charge in [-0.25, -0.2) is 4.79 Å². The van der Waals surface area contributed by atoms with Gasteiger partial charge in [0.15, 0.2) is 0 Å². The van der Waals surface area contributed by atoms with Gasteiger partial charge in [0, 0.05) is 0 Å². The molecule has 0 radical (unpaired) electrons. The fourth-order valence-electron chi connectivity index (χ4n) is 1.53. The number of aliphatic hydroxyl groups excluding tert-OH is 1. The summed E-state index contributed by atoms with van der Waals surface area (Å²) in [6.45, 7) is 3.69. The number of hydrogen-bond donors (Lipinski definition) is 1. The minimum absolute atomic E-state index is 0.571. The number of rotatable bonds is 1. The molecule has 104 valence electrons. The van der Waals surface area contributed by atoms with Crippen LogP contribution in [0.1, 0.15) is 20.8 Å². The van der Waals surface area contributed by atoms with Crippen molar-refractivity contribution < 1.29 is 27.8 Å². The third-order valence-electron chi connectivity index (χ3n) is 2.31. The Hall–Kier alpha value is -1.24. The van der Waals surface area contributed by atoms with Crippen molar-refractivity contribution in [2.45, 2.75) is 38.6 Å². The van der Waals surface area contributed by atoms with E-state index in [0.29, 0.717) is 0 Å². The summed E-state index contributed by atoms with van der Waals surface area (Å²) in [7, 11) is 0. The van der Waals surface area contributed by atoms with E-state index in [1.807, 2.05) is 0 Å². The summed E-state index contributed by atoms with van der Waals surface area (Å²) in [5.74, 6) is 0. The summed E-state index contributed by atoms with van der Waals surface area (Å²) in [4.78, 5) is 12.6. The fourth-order valence-corrected chi connectivity index (χ4v) is 1.53. The van der Waals surface area contributed by atoms with Crippen LogP contribution in [0.4, 0.5) is 18.0 Å². The number of carbonyl (C=O) groups excluding carboxylic acids is 1. The quantitative estimate of drug-likeness (QED) is 0.740. The Bertz CT molecular complexity index is 358. The average Bonchev–Trinajstić information content (AvgIpc) is 2.57. The zero-order valence-corrected chi connectivity index (χ0v) is 10.4. The van der Waals surface area contributed by atoms with Gasteiger partial charge in [0.1, 0.15) is 5.60 Å². The molecule has 0 unspecified atom stereocenters. The van der Waals surface area contributed by atoms with E-state index in [9.17, 15) is 18.0 Å². The Morgan fingerprint density at radius 2 is 2.06 bits per heavy atom. The number of ether oxygens (including phenoxy) is 1. The molecule has 4 nitrogen and oxygen atoms in total. The summed E-state index contributed by atoms with van der Waals surface area (Å²) in [6, 6.07) is -0.989. The number of carbonyl (C=O) groups is 1. The van der Waals surface area contributed by atoms with Crippen LogP contribution in [0, 0.1) is 0 Å². The van der Waals surface area contributed by atoms with E-state index in [0.717, 1.165) is 11.0 Å². The summed E-state index contributed by atoms with van der Waals surface area (Å²) < 4.78 is 42.5. The molecule has 1 atom stereocenters. The normalized spacial score (nSPS) is 20.9. The van der Waals surface area contributed by atoms with Gasteiger partial charge in [0.2, 0.25) is 0 Å². The van der Waals surface area contributed by atoms with E-state index in [2.05, 4.69) is 0 Å². The molecule has 1 aliphatic rings. The Balaban J connectivity index is 2.79. The van der Waals surface area contributed by atoms with Crippen molar-refractivity contribution in [2.75, 3.05) is 13.2 Å². The molecule has 1 heterocycles. The van der Waals surface area contributed by atoms with Crippen molar-refractivity contribution in [1.82, 2.24) is 4.90 Å². The van der Waals surface area contributed by atoms with Gasteiger partial charge >= 0.3 is 12.3 Å². The third-order valence-corrected chi connectivity index (χ3v) is 2.31. The lowest BCUT2D eigenvalue weighted by Crippen LogP contribution is -2.42. The van der Waals surface area contributed by atoms with E-state index < -0.39 is 42.6 Å². The number of amides is 1. The van der Waals surface area contributed by atoms with Crippen LogP contribution in [-0.2, 0) is 4.74 Å². The third kappa shape index (κ3) is 3.63. The molecule has 1 N–H and O–H groups in total. The predicted molar refractivity (Wildman–Crippen MR) is 58.0 cm³/mol. The van der Waals surface area contributed by atoms with Crippen LogP contribution in [0.5, 0.6) is 0 Å². The molecule has 0 aliphatic carbocycles. The van der Waals surface area contributed by atoms with Crippen LogP contribution in [0.3, 0.4) is 0 Å². The minimum atomic E-state index is -4.50. The highest BCUT2D eigenvalue weighted by Crippen LogP contribution is 2.32. The molecule has 0 bridgehead atoms. The molecule has 7 heteroatoms. The summed E-state index contributed by atoms with van der Waals surface area (Å²) in [5, 5.41) is 9.01. The van der Waals surface area contributed by atoms with E-state index in [4.69, 9.17) is 9.84 Å². The van der Waals surface area contributed by atoms with Crippen molar-refractivity contribution in [3.05, 3.63) is 11.6 Å². The lowest BCUT2D eigenvalue weighted by Gasteiger charge is -2.27. The van der Waals surface area contributed by atoms with Crippen LogP contribution in [0.2, 0.25) is 0 Å². The standard InChI is InChI=1S/C11H16F3NO3/c1-10(2,3)18-9(17)15-5-7(11(12,13)14)4-8(15)6-16/h4,8,16H,5-6H2,1-3H3/t8-/m0/s1. The second-order valence-electron chi connectivity index (χ2n) is 5.05. The van der Waals surface area contributed by atoms with Gasteiger partial charge in [-0.15, -0.1) is 0 Å². The van der Waals surface area contributed by atoms with Crippen molar-refractivity contribution in [3.63, 3.8) is 0 Å². The number of nitrogens with zero attached hydrogens (tertiary/aromatic N) is 1. The zero-order chi connectivity index (χ0) is 14.1. The number of halogens is 3. The molecule has 1 amide bonds. The molecular weight excluding hydrogens is 251 g/mol. The zero-order valence-electron chi connectivity index (χ0n) is 10.4. The molecule has 0 saturated heterocycles. The Kier molecular flexibility index (Phi) is 3.95. The molecule has 0 saturated carbocycles. The van der Waals surface area contributed by atoms with Crippen LogP contribution < -0.4 is 0 Å². The molecule has 18 heavy (non-hydrogen) atoms. The number of aliphatic hydroxyl groups is 1. The van der Waals surface area contributed by atoms with Crippen LogP contribution in [-0.4, -0.2) is 47.1 Å². The van der Waals surface area contributed by atoms with Gasteiger partial charge in [-0.1, -0.05) is 0 Å². The average molecular weight is 267 g/mol. The maximum Gasteiger partial charge on any atom is 0.414 e. The smallest absolute Gasteiger partial charge is 0.414 e. The van der Waals surface area contributed by atoms with Crippen LogP contribution in [0.25, 0.3) is 0 Å². The second kappa shape index (κ2) is 4.79. The van der Waals surface area contributed by atoms with Gasteiger partial charge in [0.25, 0.3) is 0 Å². The van der Waals surface area contributed by atoms with Crippen molar-refractivity contribution in [3.8, 4) is 0 Å². The first-order valence-electron chi connectivity index (χ1n) is 5.43. The van der Waals surface area contributed by atoms with Gasteiger partial charge in [-0.05, 0) is 26.8 Å². The first-order valence-corrected chi connectivity index (χ1v) is 5.43. The molecule has 0 fully saturated rings. The van der Waals surface area contributed by atoms with Crippen molar-refractivity contribution in [1.29, 1.82) is 0 Å². The van der Waals surface area contributed by atoms with E-state index in [1.165, 1.54) is 0 Å². The molecule has 1 rings (SSSR count). The largest absolute Gasteiger partial charge is 0.444 e. The number of alkyl halides is 3. The van der Waals surface area contributed by atoms with Gasteiger partial charge < -0.3 is 9.84 Å². The summed E-state index contributed by atoms with van der Waals surface area (Å²) in [6.07, 6.45) is -4.51. The minimum Gasteiger partial charge on any atom is -0.444 e. The van der Waals surface area contributed by atoms with Crippen LogP contribution >= 0.6 is 0 Å². The SMILES string of the molecule is CC(C)(C)OC(=O)N1CC(C(F)(F)F)=C[C@H]1CO. The van der Waals surface area contributed by atoms with Crippen molar-refractivity contribution in [2.24, 2.45) is 0 Å². The van der Waals surface area contributed by atoms with E-state index >= 15 is 0 Å². The van der Waals surface area contributed by atoms with Gasteiger partial charge in [-0.2, -0.15) is 13.2 Å². The molecule has 1 aliphatic heterocycles. The highest BCUT2D eigenvalue weighted by Gasteiger charge is 2.42. The second-order valence-corrected chi connectivity index (χ2v) is 5.05. The highest BCUT2D eigenvalue weighted by molar-refractivity contribution is 5.70. The Morgan fingerprint density at radius 1 is 1.50 bits per heavy atom. The molecule has 0 aromatic rings. The lowest BCUT2D eigenvalue weighted by molar-refractivity contribution is -0.0935.